The first-order chi connectivity index (χ1) is 8.69. The first-order valence-electron chi connectivity index (χ1n) is 5.95. The highest BCUT2D eigenvalue weighted by Gasteiger charge is 2.19. The molecule has 1 N–H and O–H groups in total. The highest BCUT2D eigenvalue weighted by atomic mass is 79.9. The molecule has 5 heteroatoms. The van der Waals surface area contributed by atoms with E-state index in [1.807, 2.05) is 6.07 Å². The summed E-state index contributed by atoms with van der Waals surface area (Å²) in [6, 6.07) is 5.77. The van der Waals surface area contributed by atoms with Gasteiger partial charge in [-0.15, -0.1) is 0 Å². The average molecular weight is 314 g/mol. The van der Waals surface area contributed by atoms with Crippen LogP contribution in [0.25, 0.3) is 0 Å². The molecular weight excluding hydrogens is 298 g/mol. The summed E-state index contributed by atoms with van der Waals surface area (Å²) >= 11 is 3.35. The Bertz CT molecular complexity index is 432. The number of nitrogens with one attached hydrogen (secondary N) is 1. The molecule has 2 rings (SSSR count). The van der Waals surface area contributed by atoms with Crippen LogP contribution in [0.3, 0.4) is 0 Å². The quantitative estimate of drug-likeness (QED) is 0.908. The van der Waals surface area contributed by atoms with Gasteiger partial charge in [0.1, 0.15) is 0 Å². The van der Waals surface area contributed by atoms with Gasteiger partial charge in [-0.3, -0.25) is 4.79 Å². The van der Waals surface area contributed by atoms with Crippen LogP contribution in [-0.4, -0.2) is 25.7 Å². The van der Waals surface area contributed by atoms with E-state index in [1.165, 1.54) is 6.42 Å². The first kappa shape index (κ1) is 13.2. The molecule has 0 heterocycles. The largest absolute Gasteiger partial charge is 0.493 e. The number of carbonyl (C=O) groups is 1. The van der Waals surface area contributed by atoms with E-state index in [9.17, 15) is 4.79 Å². The predicted molar refractivity (Wildman–Crippen MR) is 72.0 cm³/mol. The number of hydrogen-bond donors (Lipinski definition) is 1. The second-order valence-electron chi connectivity index (χ2n) is 4.28. The molecule has 1 saturated carbocycles. The first-order valence-corrected chi connectivity index (χ1v) is 6.74. The van der Waals surface area contributed by atoms with Crippen LogP contribution in [0.4, 0.5) is 0 Å². The van der Waals surface area contributed by atoms with Crippen molar-refractivity contribution in [1.82, 2.24) is 5.32 Å². The summed E-state index contributed by atoms with van der Waals surface area (Å²) < 4.78 is 11.5. The van der Waals surface area contributed by atoms with Crippen molar-refractivity contribution in [2.45, 2.75) is 25.3 Å². The number of halogens is 1. The Morgan fingerprint density at radius 1 is 1.44 bits per heavy atom. The lowest BCUT2D eigenvalue weighted by Gasteiger charge is -2.26. The molecule has 1 aromatic carbocycles. The van der Waals surface area contributed by atoms with Crippen LogP contribution >= 0.6 is 15.9 Å². The molecule has 1 aliphatic carbocycles. The van der Waals surface area contributed by atoms with Crippen molar-refractivity contribution in [2.75, 3.05) is 13.7 Å². The Labute approximate surface area is 115 Å². The van der Waals surface area contributed by atoms with Crippen molar-refractivity contribution >= 4 is 21.8 Å². The van der Waals surface area contributed by atoms with Crippen molar-refractivity contribution < 1.29 is 14.3 Å². The molecule has 18 heavy (non-hydrogen) atoms. The summed E-state index contributed by atoms with van der Waals surface area (Å²) in [4.78, 5) is 11.6. The van der Waals surface area contributed by atoms with Crippen LogP contribution in [0.1, 0.15) is 19.3 Å². The number of hydrogen-bond acceptors (Lipinski definition) is 3. The SMILES string of the molecule is COc1cc(Br)ccc1OCC(=O)NC1CCC1. The fourth-order valence-electron chi connectivity index (χ4n) is 1.73. The molecule has 1 aromatic rings. The Morgan fingerprint density at radius 3 is 2.83 bits per heavy atom. The molecule has 0 aliphatic heterocycles. The number of ether oxygens (including phenoxy) is 2. The van der Waals surface area contributed by atoms with Crippen LogP contribution < -0.4 is 14.8 Å². The number of carbonyl (C=O) groups excluding carboxylic acids is 1. The molecule has 1 amide bonds. The maximum atomic E-state index is 11.6. The zero-order valence-electron chi connectivity index (χ0n) is 10.2. The number of rotatable bonds is 5. The van der Waals surface area contributed by atoms with Gasteiger partial charge in [0.05, 0.1) is 7.11 Å². The van der Waals surface area contributed by atoms with Gasteiger partial charge >= 0.3 is 0 Å². The third kappa shape index (κ3) is 3.38. The summed E-state index contributed by atoms with van der Waals surface area (Å²) in [6.45, 7) is 0.0223. The molecule has 0 radical (unpaired) electrons. The molecule has 1 aliphatic rings. The Hall–Kier alpha value is -1.23. The van der Waals surface area contributed by atoms with Crippen molar-refractivity contribution in [3.8, 4) is 11.5 Å². The standard InChI is InChI=1S/C13H16BrNO3/c1-17-12-7-9(14)5-6-11(12)18-8-13(16)15-10-3-2-4-10/h5-7,10H,2-4,8H2,1H3,(H,15,16). The van der Waals surface area contributed by atoms with E-state index in [0.29, 0.717) is 17.5 Å². The van der Waals surface area contributed by atoms with Gasteiger partial charge in [-0.25, -0.2) is 0 Å². The Kier molecular flexibility index (Phi) is 4.47. The van der Waals surface area contributed by atoms with Crippen LogP contribution in [0.5, 0.6) is 11.5 Å². The normalized spacial score (nSPS) is 14.8. The van der Waals surface area contributed by atoms with E-state index in [-0.39, 0.29) is 12.5 Å². The fraction of sp³-hybridized carbons (Fsp3) is 0.462. The maximum absolute atomic E-state index is 11.6. The summed E-state index contributed by atoms with van der Waals surface area (Å²) in [5.74, 6) is 1.11. The molecule has 1 fully saturated rings. The van der Waals surface area contributed by atoms with Crippen molar-refractivity contribution in [3.63, 3.8) is 0 Å². The number of benzene rings is 1. The predicted octanol–water partition coefficient (Wildman–Crippen LogP) is 2.51. The van der Waals surface area contributed by atoms with Crippen LogP contribution in [0.2, 0.25) is 0 Å². The zero-order chi connectivity index (χ0) is 13.0. The van der Waals surface area contributed by atoms with Crippen molar-refractivity contribution in [3.05, 3.63) is 22.7 Å². The van der Waals surface area contributed by atoms with Gasteiger partial charge in [0.2, 0.25) is 0 Å². The summed E-state index contributed by atoms with van der Waals surface area (Å²) in [7, 11) is 1.57. The summed E-state index contributed by atoms with van der Waals surface area (Å²) in [6.07, 6.45) is 3.35. The van der Waals surface area contributed by atoms with Crippen LogP contribution in [0, 0.1) is 0 Å². The Balaban J connectivity index is 1.86. The molecule has 0 bridgehead atoms. The highest BCUT2D eigenvalue weighted by molar-refractivity contribution is 9.10. The lowest BCUT2D eigenvalue weighted by molar-refractivity contribution is -0.124. The van der Waals surface area contributed by atoms with Gasteiger partial charge < -0.3 is 14.8 Å². The highest BCUT2D eigenvalue weighted by Crippen LogP contribution is 2.30. The summed E-state index contributed by atoms with van der Waals surface area (Å²) in [5, 5.41) is 2.92. The van der Waals surface area contributed by atoms with E-state index in [2.05, 4.69) is 21.2 Å². The molecule has 0 spiro atoms. The molecule has 4 nitrogen and oxygen atoms in total. The monoisotopic (exact) mass is 313 g/mol. The molecule has 0 atom stereocenters. The lowest BCUT2D eigenvalue weighted by Crippen LogP contribution is -2.41. The average Bonchev–Trinajstić information content (AvgIpc) is 2.32. The Morgan fingerprint density at radius 2 is 2.22 bits per heavy atom. The third-order valence-corrected chi connectivity index (χ3v) is 3.45. The van der Waals surface area contributed by atoms with Crippen LogP contribution in [0.15, 0.2) is 22.7 Å². The molecule has 0 aromatic heterocycles. The van der Waals surface area contributed by atoms with E-state index in [1.54, 1.807) is 19.2 Å². The van der Waals surface area contributed by atoms with E-state index in [0.717, 1.165) is 17.3 Å². The topological polar surface area (TPSA) is 47.6 Å². The van der Waals surface area contributed by atoms with Crippen molar-refractivity contribution in [2.24, 2.45) is 0 Å². The maximum Gasteiger partial charge on any atom is 0.258 e. The number of amides is 1. The van der Waals surface area contributed by atoms with Crippen molar-refractivity contribution in [1.29, 1.82) is 0 Å². The molecule has 98 valence electrons. The zero-order valence-corrected chi connectivity index (χ0v) is 11.8. The minimum atomic E-state index is -0.0790. The van der Waals surface area contributed by atoms with Gasteiger partial charge in [-0.2, -0.15) is 0 Å². The minimum absolute atomic E-state index is 0.0223. The van der Waals surface area contributed by atoms with Gasteiger partial charge in [-0.05, 0) is 37.5 Å². The molecule has 0 saturated heterocycles. The third-order valence-electron chi connectivity index (χ3n) is 2.95. The molecular formula is C13H16BrNO3. The number of methoxy groups -OCH3 is 1. The minimum Gasteiger partial charge on any atom is -0.493 e. The van der Waals surface area contributed by atoms with Gasteiger partial charge in [-0.1, -0.05) is 15.9 Å². The van der Waals surface area contributed by atoms with Gasteiger partial charge in [0.25, 0.3) is 5.91 Å². The lowest BCUT2D eigenvalue weighted by atomic mass is 9.93. The molecule has 0 unspecified atom stereocenters. The van der Waals surface area contributed by atoms with E-state index >= 15 is 0 Å². The van der Waals surface area contributed by atoms with E-state index in [4.69, 9.17) is 9.47 Å². The smallest absolute Gasteiger partial charge is 0.258 e. The van der Waals surface area contributed by atoms with Gasteiger partial charge in [0.15, 0.2) is 18.1 Å². The second kappa shape index (κ2) is 6.09. The second-order valence-corrected chi connectivity index (χ2v) is 5.19. The summed E-state index contributed by atoms with van der Waals surface area (Å²) in [5.41, 5.74) is 0. The van der Waals surface area contributed by atoms with Gasteiger partial charge in [0, 0.05) is 10.5 Å². The fourth-order valence-corrected chi connectivity index (χ4v) is 2.07. The van der Waals surface area contributed by atoms with Crippen LogP contribution in [-0.2, 0) is 4.79 Å². The van der Waals surface area contributed by atoms with E-state index < -0.39 is 0 Å².